The van der Waals surface area contributed by atoms with Gasteiger partial charge in [-0.1, -0.05) is 116 Å². The Morgan fingerprint density at radius 2 is 1.59 bits per heavy atom. The molecule has 49 heavy (non-hydrogen) atoms. The Morgan fingerprint density at radius 3 is 2.29 bits per heavy atom. The molecule has 2 saturated carbocycles. The molecule has 0 spiro atoms. The molecule has 0 bridgehead atoms. The molecule has 3 aliphatic rings. The maximum atomic E-state index is 4.79. The van der Waals surface area contributed by atoms with E-state index in [-0.39, 0.29) is 5.41 Å². The van der Waals surface area contributed by atoms with Gasteiger partial charge in [-0.15, -0.1) is 0 Å². The lowest BCUT2D eigenvalue weighted by Crippen LogP contribution is -2.44. The molecular weight excluding hydrogens is 591 g/mol. The van der Waals surface area contributed by atoms with Gasteiger partial charge in [-0.05, 0) is 169 Å². The van der Waals surface area contributed by atoms with Crippen LogP contribution in [0.25, 0.3) is 0 Å². The van der Waals surface area contributed by atoms with Crippen molar-refractivity contribution in [2.75, 3.05) is 6.54 Å². The summed E-state index contributed by atoms with van der Waals surface area (Å²) in [7, 11) is 0. The summed E-state index contributed by atoms with van der Waals surface area (Å²) in [5.74, 6) is 5.50. The molecular formula is C48H81N. The second-order valence-corrected chi connectivity index (χ2v) is 18.3. The molecule has 3 rings (SSSR count). The monoisotopic (exact) mass is 672 g/mol. The van der Waals surface area contributed by atoms with Gasteiger partial charge in [0.2, 0.25) is 0 Å². The second kappa shape index (κ2) is 19.7. The van der Waals surface area contributed by atoms with Crippen LogP contribution in [0.5, 0.6) is 0 Å². The molecule has 9 atom stereocenters. The lowest BCUT2D eigenvalue weighted by atomic mass is 9.57. The minimum absolute atomic E-state index is 0.116. The summed E-state index contributed by atoms with van der Waals surface area (Å²) in [5.41, 5.74) is 8.54. The number of hydrogen-bond donors (Lipinski definition) is 0. The van der Waals surface area contributed by atoms with E-state index >= 15 is 0 Å². The molecule has 0 radical (unpaired) electrons. The Morgan fingerprint density at radius 1 is 0.878 bits per heavy atom. The van der Waals surface area contributed by atoms with Gasteiger partial charge in [0.15, 0.2) is 0 Å². The molecule has 0 aromatic rings. The van der Waals surface area contributed by atoms with Crippen LogP contribution in [0, 0.1) is 46.8 Å². The summed E-state index contributed by atoms with van der Waals surface area (Å²) in [6.07, 6.45) is 26.5. The van der Waals surface area contributed by atoms with Gasteiger partial charge < -0.3 is 4.90 Å². The van der Waals surface area contributed by atoms with E-state index in [1.807, 2.05) is 0 Å². The molecule has 0 aromatic carbocycles. The molecule has 1 aliphatic heterocycles. The molecule has 1 saturated heterocycles. The lowest BCUT2D eigenvalue weighted by Gasteiger charge is -2.50. The minimum atomic E-state index is 0.116. The summed E-state index contributed by atoms with van der Waals surface area (Å²) >= 11 is 0. The summed E-state index contributed by atoms with van der Waals surface area (Å²) in [5, 5.41) is 0. The number of rotatable bonds is 18. The predicted molar refractivity (Wildman–Crippen MR) is 220 cm³/mol. The fourth-order valence-electron chi connectivity index (χ4n) is 9.84. The maximum absolute atomic E-state index is 4.79. The molecule has 2 aliphatic carbocycles. The SMILES string of the molecule is C=C(C/C=C(\C)CC(C)CCC1CC(C)(C(=C)C(=C)N2CCCCC2C(=C)CC)C(C)CC1C)CCCC/C(C)=C/C1CCC(C)C(C)C1. The van der Waals surface area contributed by atoms with Crippen molar-refractivity contribution in [3.63, 3.8) is 0 Å². The summed E-state index contributed by atoms with van der Waals surface area (Å²) in [4.78, 5) is 2.58. The molecule has 1 heteroatoms. The first kappa shape index (κ1) is 41.7. The maximum Gasteiger partial charge on any atom is 0.0499 e. The third kappa shape index (κ3) is 12.2. The highest BCUT2D eigenvalue weighted by atomic mass is 15.2. The quantitative estimate of drug-likeness (QED) is 0.0796. The normalized spacial score (nSPS) is 32.1. The van der Waals surface area contributed by atoms with Crippen LogP contribution in [0.3, 0.4) is 0 Å². The van der Waals surface area contributed by atoms with E-state index in [0.717, 1.165) is 54.9 Å². The zero-order valence-electron chi connectivity index (χ0n) is 34.3. The fourth-order valence-corrected chi connectivity index (χ4v) is 9.84. The van der Waals surface area contributed by atoms with Gasteiger partial charge in [0.25, 0.3) is 0 Å². The Hall–Kier alpha value is -1.76. The van der Waals surface area contributed by atoms with Gasteiger partial charge in [-0.3, -0.25) is 0 Å². The molecule has 1 nitrogen and oxygen atoms in total. The summed E-state index contributed by atoms with van der Waals surface area (Å²) in [6, 6.07) is 0.435. The van der Waals surface area contributed by atoms with Crippen LogP contribution < -0.4 is 0 Å². The van der Waals surface area contributed by atoms with Gasteiger partial charge in [0.1, 0.15) is 0 Å². The molecule has 0 aromatic heterocycles. The molecule has 0 N–H and O–H groups in total. The Kier molecular flexibility index (Phi) is 16.8. The molecule has 278 valence electrons. The van der Waals surface area contributed by atoms with Gasteiger partial charge in [0, 0.05) is 18.3 Å². The highest BCUT2D eigenvalue weighted by molar-refractivity contribution is 5.34. The zero-order valence-corrected chi connectivity index (χ0v) is 34.3. The van der Waals surface area contributed by atoms with Crippen molar-refractivity contribution in [2.45, 2.75) is 178 Å². The van der Waals surface area contributed by atoms with Crippen molar-refractivity contribution in [2.24, 2.45) is 46.8 Å². The Balaban J connectivity index is 1.42. The Labute approximate surface area is 306 Å². The third-order valence-corrected chi connectivity index (χ3v) is 14.1. The fraction of sp³-hybridized carbons (Fsp3) is 0.750. The van der Waals surface area contributed by atoms with Gasteiger partial charge in [-0.25, -0.2) is 0 Å². The average Bonchev–Trinajstić information content (AvgIpc) is 3.07. The van der Waals surface area contributed by atoms with Crippen LogP contribution in [0.2, 0.25) is 0 Å². The van der Waals surface area contributed by atoms with E-state index in [1.165, 1.54) is 119 Å². The largest absolute Gasteiger partial charge is 0.365 e. The van der Waals surface area contributed by atoms with E-state index in [2.05, 4.69) is 92.5 Å². The smallest absolute Gasteiger partial charge is 0.0499 e. The van der Waals surface area contributed by atoms with Crippen LogP contribution >= 0.6 is 0 Å². The second-order valence-electron chi connectivity index (χ2n) is 18.3. The van der Waals surface area contributed by atoms with Gasteiger partial charge in [-0.2, -0.15) is 0 Å². The van der Waals surface area contributed by atoms with Crippen molar-refractivity contribution in [1.82, 2.24) is 4.90 Å². The first-order valence-electron chi connectivity index (χ1n) is 21.0. The summed E-state index contributed by atoms with van der Waals surface area (Å²) in [6.45, 7) is 41.3. The van der Waals surface area contributed by atoms with Crippen LogP contribution in [-0.4, -0.2) is 17.5 Å². The first-order valence-corrected chi connectivity index (χ1v) is 21.0. The molecule has 9 unspecified atom stereocenters. The highest BCUT2D eigenvalue weighted by Crippen LogP contribution is 2.53. The van der Waals surface area contributed by atoms with E-state index in [4.69, 9.17) is 13.2 Å². The van der Waals surface area contributed by atoms with E-state index < -0.39 is 0 Å². The zero-order chi connectivity index (χ0) is 36.3. The van der Waals surface area contributed by atoms with Crippen LogP contribution in [0.15, 0.2) is 72.0 Å². The van der Waals surface area contributed by atoms with Gasteiger partial charge >= 0.3 is 0 Å². The number of allylic oxidation sites excluding steroid dienone is 6. The lowest BCUT2D eigenvalue weighted by molar-refractivity contribution is 0.0678. The average molecular weight is 672 g/mol. The highest BCUT2D eigenvalue weighted by Gasteiger charge is 2.44. The van der Waals surface area contributed by atoms with Crippen molar-refractivity contribution >= 4 is 0 Å². The molecule has 1 heterocycles. The molecule has 3 fully saturated rings. The van der Waals surface area contributed by atoms with Crippen LogP contribution in [0.4, 0.5) is 0 Å². The van der Waals surface area contributed by atoms with Crippen LogP contribution in [0.1, 0.15) is 171 Å². The van der Waals surface area contributed by atoms with Gasteiger partial charge in [0.05, 0.1) is 0 Å². The first-order chi connectivity index (χ1) is 23.2. The van der Waals surface area contributed by atoms with Crippen molar-refractivity contribution < 1.29 is 0 Å². The van der Waals surface area contributed by atoms with E-state index in [0.29, 0.717) is 12.0 Å². The van der Waals surface area contributed by atoms with E-state index in [9.17, 15) is 0 Å². The van der Waals surface area contributed by atoms with Crippen molar-refractivity contribution in [3.8, 4) is 0 Å². The molecule has 0 amide bonds. The topological polar surface area (TPSA) is 3.24 Å². The number of unbranched alkanes of at least 4 members (excludes halogenated alkanes) is 1. The van der Waals surface area contributed by atoms with Crippen LogP contribution in [-0.2, 0) is 0 Å². The third-order valence-electron chi connectivity index (χ3n) is 14.1. The van der Waals surface area contributed by atoms with Crippen molar-refractivity contribution in [3.05, 3.63) is 72.0 Å². The predicted octanol–water partition coefficient (Wildman–Crippen LogP) is 14.8. The number of nitrogens with zero attached hydrogens (tertiary/aromatic N) is 1. The van der Waals surface area contributed by atoms with E-state index in [1.54, 1.807) is 11.1 Å². The standard InChI is InChI=1S/C48H81N/c1-14-38(6)47-21-17-18-28-49(47)44(12)43(11)48(13)33-46(41(9)31-42(48)10)27-24-37(5)29-36(4)23-22-34(2)19-15-16-20-35(3)30-45-26-25-39(7)40(8)32-45/h23,30,37,39-42,45-47H,2,6,11-12,14-22,24-29,31-33H2,1,3-5,7-10,13H3/b35-30+,36-23+. The number of likely N-dealkylation sites (tertiary alicyclic amines) is 1. The minimum Gasteiger partial charge on any atom is -0.365 e. The Bertz CT molecular complexity index is 1160. The summed E-state index contributed by atoms with van der Waals surface area (Å²) < 4.78 is 0. The number of piperidine rings is 1. The number of hydrogen-bond acceptors (Lipinski definition) is 1. The van der Waals surface area contributed by atoms with Crippen molar-refractivity contribution in [1.29, 1.82) is 0 Å².